The Bertz CT molecular complexity index is 638. The molecule has 20 heavy (non-hydrogen) atoms. The van der Waals surface area contributed by atoms with Gasteiger partial charge < -0.3 is 5.11 Å². The lowest BCUT2D eigenvalue weighted by atomic mass is 9.86. The van der Waals surface area contributed by atoms with Crippen LogP contribution in [0.5, 0.6) is 0 Å². The number of aryl methyl sites for hydroxylation is 1. The molecule has 0 aliphatic carbocycles. The number of rotatable bonds is 3. The molecule has 0 amide bonds. The molecule has 0 aliphatic rings. The van der Waals surface area contributed by atoms with Crippen LogP contribution in [-0.2, 0) is 12.0 Å². The highest BCUT2D eigenvalue weighted by atomic mass is 79.9. The molecule has 0 heterocycles. The Kier molecular flexibility index (Phi) is 4.25. The van der Waals surface area contributed by atoms with Gasteiger partial charge in [0.15, 0.2) is 0 Å². The van der Waals surface area contributed by atoms with Gasteiger partial charge in [-0.3, -0.25) is 0 Å². The van der Waals surface area contributed by atoms with E-state index in [-0.39, 0.29) is 16.5 Å². The maximum atomic E-state index is 14.0. The first kappa shape index (κ1) is 15.1. The number of benzene rings is 2. The van der Waals surface area contributed by atoms with Gasteiger partial charge in [0.1, 0.15) is 11.6 Å². The van der Waals surface area contributed by atoms with Crippen molar-refractivity contribution in [2.24, 2.45) is 0 Å². The fourth-order valence-corrected chi connectivity index (χ4v) is 2.72. The maximum absolute atomic E-state index is 14.0. The van der Waals surface area contributed by atoms with Gasteiger partial charge >= 0.3 is 0 Å². The van der Waals surface area contributed by atoms with E-state index in [1.54, 1.807) is 19.1 Å². The quantitative estimate of drug-likeness (QED) is 0.816. The number of hydrogen-bond donors (Lipinski definition) is 1. The van der Waals surface area contributed by atoms with Crippen LogP contribution in [0.3, 0.4) is 0 Å². The first-order chi connectivity index (χ1) is 9.33. The molecule has 1 atom stereocenters. The van der Waals surface area contributed by atoms with Crippen LogP contribution in [0.25, 0.3) is 0 Å². The molecule has 2 aromatic carbocycles. The molecule has 0 spiro atoms. The highest BCUT2D eigenvalue weighted by Crippen LogP contribution is 2.31. The Morgan fingerprint density at radius 2 is 1.80 bits per heavy atom. The molecule has 0 saturated heterocycles. The molecule has 1 nitrogen and oxygen atoms in total. The van der Waals surface area contributed by atoms with Crippen LogP contribution in [-0.4, -0.2) is 5.11 Å². The summed E-state index contributed by atoms with van der Waals surface area (Å²) in [4.78, 5) is 0. The van der Waals surface area contributed by atoms with E-state index in [0.717, 1.165) is 5.56 Å². The Labute approximate surface area is 125 Å². The summed E-state index contributed by atoms with van der Waals surface area (Å²) < 4.78 is 28.0. The predicted molar refractivity (Wildman–Crippen MR) is 78.5 cm³/mol. The summed E-state index contributed by atoms with van der Waals surface area (Å²) >= 11 is 3.04. The van der Waals surface area contributed by atoms with E-state index < -0.39 is 17.2 Å². The number of halogens is 3. The molecule has 1 N–H and O–H groups in total. The van der Waals surface area contributed by atoms with Crippen LogP contribution in [0, 0.1) is 18.6 Å². The smallest absolute Gasteiger partial charge is 0.143 e. The summed E-state index contributed by atoms with van der Waals surface area (Å²) in [5.74, 6) is -1.32. The predicted octanol–water partition coefficient (Wildman–Crippen LogP) is 4.49. The Morgan fingerprint density at radius 3 is 2.45 bits per heavy atom. The SMILES string of the molecule is Cc1ccccc1C(C)(O)Cc1c(F)ccc(Br)c1F. The van der Waals surface area contributed by atoms with Gasteiger partial charge in [0.25, 0.3) is 0 Å². The van der Waals surface area contributed by atoms with E-state index >= 15 is 0 Å². The average molecular weight is 341 g/mol. The van der Waals surface area contributed by atoms with Gasteiger partial charge in [-0.05, 0) is 53.0 Å². The fraction of sp³-hybridized carbons (Fsp3) is 0.250. The van der Waals surface area contributed by atoms with Gasteiger partial charge in [-0.1, -0.05) is 24.3 Å². The molecule has 0 aliphatic heterocycles. The lowest BCUT2D eigenvalue weighted by molar-refractivity contribution is 0.0550. The molecule has 0 bridgehead atoms. The van der Waals surface area contributed by atoms with Crippen LogP contribution in [0.4, 0.5) is 8.78 Å². The minimum atomic E-state index is -1.34. The van der Waals surface area contributed by atoms with E-state index in [9.17, 15) is 13.9 Å². The third-order valence-electron chi connectivity index (χ3n) is 3.39. The summed E-state index contributed by atoms with van der Waals surface area (Å²) in [5.41, 5.74) is 0.0908. The number of aliphatic hydroxyl groups is 1. The van der Waals surface area contributed by atoms with Crippen molar-refractivity contribution < 1.29 is 13.9 Å². The third-order valence-corrected chi connectivity index (χ3v) is 4.00. The van der Waals surface area contributed by atoms with Gasteiger partial charge in [0.05, 0.1) is 10.1 Å². The topological polar surface area (TPSA) is 20.2 Å². The Hall–Kier alpha value is -1.26. The fourth-order valence-electron chi connectivity index (χ4n) is 2.35. The molecule has 0 aromatic heterocycles. The summed E-state index contributed by atoms with van der Waals surface area (Å²) in [6.45, 7) is 3.42. The standard InChI is InChI=1S/C16H15BrF2O/c1-10-5-3-4-6-12(10)16(2,20)9-11-14(18)8-7-13(17)15(11)19/h3-8,20H,9H2,1-2H3. The summed E-state index contributed by atoms with van der Waals surface area (Å²) in [6, 6.07) is 9.78. The van der Waals surface area contributed by atoms with Gasteiger partial charge in [0.2, 0.25) is 0 Å². The summed E-state index contributed by atoms with van der Waals surface area (Å²) in [5, 5.41) is 10.6. The van der Waals surface area contributed by atoms with E-state index in [0.29, 0.717) is 5.56 Å². The highest BCUT2D eigenvalue weighted by molar-refractivity contribution is 9.10. The molecule has 1 unspecified atom stereocenters. The molecule has 4 heteroatoms. The second-order valence-corrected chi connectivity index (χ2v) is 5.94. The molecule has 2 aromatic rings. The lowest BCUT2D eigenvalue weighted by Gasteiger charge is -2.26. The van der Waals surface area contributed by atoms with Gasteiger partial charge in [-0.25, -0.2) is 8.78 Å². The highest BCUT2D eigenvalue weighted by Gasteiger charge is 2.28. The molecule has 0 radical (unpaired) electrons. The van der Waals surface area contributed by atoms with Crippen LogP contribution >= 0.6 is 15.9 Å². The van der Waals surface area contributed by atoms with Crippen molar-refractivity contribution in [3.8, 4) is 0 Å². The van der Waals surface area contributed by atoms with Crippen molar-refractivity contribution in [2.45, 2.75) is 25.9 Å². The van der Waals surface area contributed by atoms with Crippen LogP contribution in [0.15, 0.2) is 40.9 Å². The third kappa shape index (κ3) is 2.91. The van der Waals surface area contributed by atoms with Crippen LogP contribution in [0.2, 0.25) is 0 Å². The largest absolute Gasteiger partial charge is 0.385 e. The van der Waals surface area contributed by atoms with E-state index in [4.69, 9.17) is 0 Å². The zero-order valence-electron chi connectivity index (χ0n) is 11.3. The average Bonchev–Trinajstić information content (AvgIpc) is 2.39. The van der Waals surface area contributed by atoms with Crippen molar-refractivity contribution in [1.29, 1.82) is 0 Å². The van der Waals surface area contributed by atoms with Gasteiger partial charge in [-0.2, -0.15) is 0 Å². The van der Waals surface area contributed by atoms with Crippen molar-refractivity contribution in [3.05, 3.63) is 69.2 Å². The first-order valence-corrected chi connectivity index (χ1v) is 7.03. The molecule has 0 fully saturated rings. The Morgan fingerprint density at radius 1 is 1.15 bits per heavy atom. The van der Waals surface area contributed by atoms with E-state index in [1.165, 1.54) is 12.1 Å². The molecule has 2 rings (SSSR count). The zero-order chi connectivity index (χ0) is 14.9. The molecule has 0 saturated carbocycles. The number of hydrogen-bond acceptors (Lipinski definition) is 1. The van der Waals surface area contributed by atoms with Gasteiger partial charge in [0, 0.05) is 12.0 Å². The minimum absolute atomic E-state index is 0.118. The zero-order valence-corrected chi connectivity index (χ0v) is 12.8. The van der Waals surface area contributed by atoms with Crippen molar-refractivity contribution in [2.75, 3.05) is 0 Å². The first-order valence-electron chi connectivity index (χ1n) is 6.24. The second kappa shape index (κ2) is 5.62. The molecular formula is C16H15BrF2O. The second-order valence-electron chi connectivity index (χ2n) is 5.09. The van der Waals surface area contributed by atoms with Crippen molar-refractivity contribution >= 4 is 15.9 Å². The van der Waals surface area contributed by atoms with Crippen LogP contribution in [0.1, 0.15) is 23.6 Å². The minimum Gasteiger partial charge on any atom is -0.385 e. The van der Waals surface area contributed by atoms with E-state index in [1.807, 2.05) is 19.1 Å². The van der Waals surface area contributed by atoms with Gasteiger partial charge in [-0.15, -0.1) is 0 Å². The van der Waals surface area contributed by atoms with Crippen LogP contribution < -0.4 is 0 Å². The van der Waals surface area contributed by atoms with Crippen molar-refractivity contribution in [1.82, 2.24) is 0 Å². The molecule has 106 valence electrons. The van der Waals surface area contributed by atoms with E-state index in [2.05, 4.69) is 15.9 Å². The van der Waals surface area contributed by atoms with Crippen molar-refractivity contribution in [3.63, 3.8) is 0 Å². The lowest BCUT2D eigenvalue weighted by Crippen LogP contribution is -2.26. The summed E-state index contributed by atoms with van der Waals surface area (Å²) in [7, 11) is 0. The monoisotopic (exact) mass is 340 g/mol. The maximum Gasteiger partial charge on any atom is 0.143 e. The normalized spacial score (nSPS) is 14.1. The summed E-state index contributed by atoms with van der Waals surface area (Å²) in [6.07, 6.45) is -0.130. The Balaban J connectivity index is 2.44. The molecular weight excluding hydrogens is 326 g/mol.